The second-order valence-corrected chi connectivity index (χ2v) is 9.05. The molecule has 9 heteroatoms. The lowest BCUT2D eigenvalue weighted by Crippen LogP contribution is -2.39. The monoisotopic (exact) mass is 558 g/mol. The van der Waals surface area contributed by atoms with Crippen molar-refractivity contribution in [3.8, 4) is 0 Å². The summed E-state index contributed by atoms with van der Waals surface area (Å²) in [5.74, 6) is 1.33. The molecule has 1 aliphatic rings. The van der Waals surface area contributed by atoms with Crippen molar-refractivity contribution < 1.29 is 13.2 Å². The molecule has 1 fully saturated rings. The highest BCUT2D eigenvalue weighted by Gasteiger charge is 2.25. The van der Waals surface area contributed by atoms with Crippen LogP contribution >= 0.6 is 24.0 Å². The highest BCUT2D eigenvalue weighted by Crippen LogP contribution is 2.26. The van der Waals surface area contributed by atoms with Gasteiger partial charge in [-0.3, -0.25) is 4.99 Å². The molecular formula is C22H31IN4O3S. The maximum Gasteiger partial charge on any atom is 0.240 e. The number of sulfonamides is 1. The molecule has 31 heavy (non-hydrogen) atoms. The van der Waals surface area contributed by atoms with Crippen LogP contribution in [0.3, 0.4) is 0 Å². The van der Waals surface area contributed by atoms with Crippen molar-refractivity contribution in [2.24, 2.45) is 4.99 Å². The van der Waals surface area contributed by atoms with Gasteiger partial charge < -0.3 is 15.0 Å². The van der Waals surface area contributed by atoms with E-state index in [1.54, 1.807) is 25.2 Å². The van der Waals surface area contributed by atoms with Gasteiger partial charge in [-0.15, -0.1) is 24.0 Å². The van der Waals surface area contributed by atoms with E-state index >= 15 is 0 Å². The number of hydrogen-bond acceptors (Lipinski definition) is 4. The lowest BCUT2D eigenvalue weighted by molar-refractivity contribution is 0.204. The average molecular weight is 558 g/mol. The smallest absolute Gasteiger partial charge is 0.240 e. The number of methoxy groups -OCH3 is 1. The molecule has 2 aromatic rings. The molecule has 3 rings (SSSR count). The van der Waals surface area contributed by atoms with Crippen molar-refractivity contribution >= 4 is 40.0 Å². The van der Waals surface area contributed by atoms with Crippen LogP contribution in [0.25, 0.3) is 0 Å². The van der Waals surface area contributed by atoms with Crippen molar-refractivity contribution in [3.63, 3.8) is 0 Å². The second-order valence-electron chi connectivity index (χ2n) is 7.28. The van der Waals surface area contributed by atoms with Crippen LogP contribution in [0.2, 0.25) is 0 Å². The van der Waals surface area contributed by atoms with Gasteiger partial charge in [-0.2, -0.15) is 0 Å². The molecule has 0 amide bonds. The predicted octanol–water partition coefficient (Wildman–Crippen LogP) is 2.79. The van der Waals surface area contributed by atoms with Gasteiger partial charge in [0.25, 0.3) is 0 Å². The summed E-state index contributed by atoms with van der Waals surface area (Å²) in [6.45, 7) is 2.93. The fourth-order valence-electron chi connectivity index (χ4n) is 3.65. The Labute approximate surface area is 202 Å². The Morgan fingerprint density at radius 1 is 1.19 bits per heavy atom. The summed E-state index contributed by atoms with van der Waals surface area (Å²) in [5.41, 5.74) is 2.24. The SMILES string of the molecule is CN=C(NCc1cccc(S(=O)(=O)NCCOC)c1)N1CCC(c2ccccc2)C1.I. The van der Waals surface area contributed by atoms with E-state index in [1.165, 1.54) is 12.7 Å². The van der Waals surface area contributed by atoms with Crippen LogP contribution in [0.5, 0.6) is 0 Å². The van der Waals surface area contributed by atoms with Crippen LogP contribution in [0.4, 0.5) is 0 Å². The summed E-state index contributed by atoms with van der Waals surface area (Å²) < 4.78 is 32.3. The van der Waals surface area contributed by atoms with E-state index in [1.807, 2.05) is 12.1 Å². The maximum atomic E-state index is 12.4. The first-order chi connectivity index (χ1) is 14.5. The quantitative estimate of drug-likeness (QED) is 0.226. The molecule has 2 aromatic carbocycles. The molecule has 0 saturated carbocycles. The Morgan fingerprint density at radius 3 is 2.68 bits per heavy atom. The minimum atomic E-state index is -3.55. The Hall–Kier alpha value is -1.69. The van der Waals surface area contributed by atoms with E-state index in [0.29, 0.717) is 19.1 Å². The Bertz CT molecular complexity index is 954. The fraction of sp³-hybridized carbons (Fsp3) is 0.409. The van der Waals surface area contributed by atoms with E-state index in [2.05, 4.69) is 44.2 Å². The van der Waals surface area contributed by atoms with Crippen LogP contribution in [-0.2, 0) is 21.3 Å². The van der Waals surface area contributed by atoms with Crippen molar-refractivity contribution in [2.75, 3.05) is 40.4 Å². The van der Waals surface area contributed by atoms with Gasteiger partial charge in [-0.1, -0.05) is 42.5 Å². The topological polar surface area (TPSA) is 83.0 Å². The molecule has 1 heterocycles. The van der Waals surface area contributed by atoms with Crippen molar-refractivity contribution in [1.29, 1.82) is 0 Å². The fourth-order valence-corrected chi connectivity index (χ4v) is 4.73. The van der Waals surface area contributed by atoms with E-state index < -0.39 is 10.0 Å². The van der Waals surface area contributed by atoms with Crippen molar-refractivity contribution in [2.45, 2.75) is 23.8 Å². The first-order valence-electron chi connectivity index (χ1n) is 10.1. The number of hydrogen-bond donors (Lipinski definition) is 2. The van der Waals surface area contributed by atoms with Gasteiger partial charge in [0, 0.05) is 46.3 Å². The lowest BCUT2D eigenvalue weighted by atomic mass is 9.99. The highest BCUT2D eigenvalue weighted by molar-refractivity contribution is 14.0. The van der Waals surface area contributed by atoms with Gasteiger partial charge in [-0.05, 0) is 29.7 Å². The maximum absolute atomic E-state index is 12.4. The van der Waals surface area contributed by atoms with E-state index in [9.17, 15) is 8.42 Å². The summed E-state index contributed by atoms with van der Waals surface area (Å²) >= 11 is 0. The first-order valence-corrected chi connectivity index (χ1v) is 11.6. The number of nitrogens with zero attached hydrogens (tertiary/aromatic N) is 2. The second kappa shape index (κ2) is 12.4. The number of guanidine groups is 1. The largest absolute Gasteiger partial charge is 0.383 e. The minimum Gasteiger partial charge on any atom is -0.383 e. The average Bonchev–Trinajstić information content (AvgIpc) is 3.25. The highest BCUT2D eigenvalue weighted by atomic mass is 127. The number of ether oxygens (including phenoxy) is 1. The van der Waals surface area contributed by atoms with E-state index in [0.717, 1.165) is 31.0 Å². The number of likely N-dealkylation sites (tertiary alicyclic amines) is 1. The van der Waals surface area contributed by atoms with Gasteiger partial charge >= 0.3 is 0 Å². The van der Waals surface area contributed by atoms with Crippen LogP contribution in [-0.4, -0.2) is 59.7 Å². The molecule has 0 radical (unpaired) electrons. The molecule has 1 aliphatic heterocycles. The molecular weight excluding hydrogens is 527 g/mol. The van der Waals surface area contributed by atoms with Crippen molar-refractivity contribution in [1.82, 2.24) is 14.9 Å². The van der Waals surface area contributed by atoms with Crippen LogP contribution < -0.4 is 10.0 Å². The molecule has 170 valence electrons. The summed E-state index contributed by atoms with van der Waals surface area (Å²) in [7, 11) is -0.237. The Balaban J connectivity index is 0.00000341. The first kappa shape index (κ1) is 25.6. The summed E-state index contributed by atoms with van der Waals surface area (Å²) in [6, 6.07) is 17.5. The Kier molecular flexibility index (Phi) is 10.2. The normalized spacial score (nSPS) is 16.8. The molecule has 1 atom stereocenters. The molecule has 7 nitrogen and oxygen atoms in total. The molecule has 0 bridgehead atoms. The molecule has 0 aliphatic carbocycles. The van der Waals surface area contributed by atoms with Crippen LogP contribution in [0, 0.1) is 0 Å². The predicted molar refractivity (Wildman–Crippen MR) is 134 cm³/mol. The van der Waals surface area contributed by atoms with Gasteiger partial charge in [0.1, 0.15) is 0 Å². The summed E-state index contributed by atoms with van der Waals surface area (Å²) in [4.78, 5) is 6.92. The standard InChI is InChI=1S/C22H30N4O3S.HI/c1-23-22(26-13-11-20(17-26)19-8-4-3-5-9-19)24-16-18-7-6-10-21(15-18)30(27,28)25-12-14-29-2;/h3-10,15,20,25H,11-14,16-17H2,1-2H3,(H,23,24);1H. The number of benzene rings is 2. The molecule has 0 spiro atoms. The van der Waals surface area contributed by atoms with Gasteiger partial charge in [0.15, 0.2) is 5.96 Å². The zero-order valence-corrected chi connectivity index (χ0v) is 21.1. The van der Waals surface area contributed by atoms with E-state index in [4.69, 9.17) is 4.74 Å². The van der Waals surface area contributed by atoms with Crippen molar-refractivity contribution in [3.05, 3.63) is 65.7 Å². The lowest BCUT2D eigenvalue weighted by Gasteiger charge is -2.22. The third-order valence-electron chi connectivity index (χ3n) is 5.23. The van der Waals surface area contributed by atoms with Gasteiger partial charge in [-0.25, -0.2) is 13.1 Å². The van der Waals surface area contributed by atoms with E-state index in [-0.39, 0.29) is 35.4 Å². The third kappa shape index (κ3) is 7.16. The number of aliphatic imine (C=N–C) groups is 1. The van der Waals surface area contributed by atoms with Gasteiger partial charge in [0.05, 0.1) is 11.5 Å². The summed E-state index contributed by atoms with van der Waals surface area (Å²) in [5, 5.41) is 3.37. The zero-order valence-electron chi connectivity index (χ0n) is 18.0. The molecule has 1 saturated heterocycles. The molecule has 1 unspecified atom stereocenters. The third-order valence-corrected chi connectivity index (χ3v) is 6.69. The summed E-state index contributed by atoms with van der Waals surface area (Å²) in [6.07, 6.45) is 1.09. The number of halogens is 1. The minimum absolute atomic E-state index is 0. The molecule has 0 aromatic heterocycles. The van der Waals surface area contributed by atoms with Gasteiger partial charge in [0.2, 0.25) is 10.0 Å². The Morgan fingerprint density at radius 2 is 1.97 bits per heavy atom. The zero-order chi connectivity index (χ0) is 21.4. The molecule has 2 N–H and O–H groups in total. The number of nitrogens with one attached hydrogen (secondary N) is 2. The number of rotatable bonds is 8. The van der Waals surface area contributed by atoms with Crippen LogP contribution in [0.1, 0.15) is 23.5 Å². The van der Waals surface area contributed by atoms with Crippen LogP contribution in [0.15, 0.2) is 64.5 Å².